The van der Waals surface area contributed by atoms with Crippen LogP contribution in [0, 0.1) is 6.92 Å². The summed E-state index contributed by atoms with van der Waals surface area (Å²) in [5.41, 5.74) is 2.40. The summed E-state index contributed by atoms with van der Waals surface area (Å²) in [6.45, 7) is 7.28. The summed E-state index contributed by atoms with van der Waals surface area (Å²) in [5.74, 6) is 0. The monoisotopic (exact) mass is 251 g/mol. The first-order valence-electron chi connectivity index (χ1n) is 7.00. The predicted octanol–water partition coefficient (Wildman–Crippen LogP) is 1.91. The predicted molar refractivity (Wildman–Crippen MR) is 72.8 cm³/mol. The van der Waals surface area contributed by atoms with E-state index < -0.39 is 0 Å². The summed E-state index contributed by atoms with van der Waals surface area (Å²) < 4.78 is 8.07. The van der Waals surface area contributed by atoms with Gasteiger partial charge in [-0.2, -0.15) is 5.10 Å². The van der Waals surface area contributed by atoms with Gasteiger partial charge in [0.1, 0.15) is 0 Å². The molecule has 2 heterocycles. The number of ether oxygens (including phenoxy) is 1. The van der Waals surface area contributed by atoms with Gasteiger partial charge in [-0.3, -0.25) is 4.68 Å². The van der Waals surface area contributed by atoms with Crippen LogP contribution in [0.15, 0.2) is 6.07 Å². The lowest BCUT2D eigenvalue weighted by Crippen LogP contribution is -2.40. The third-order valence-electron chi connectivity index (χ3n) is 3.80. The van der Waals surface area contributed by atoms with Gasteiger partial charge in [0.15, 0.2) is 0 Å². The first-order valence-corrected chi connectivity index (χ1v) is 7.00. The lowest BCUT2D eigenvalue weighted by Gasteiger charge is -2.23. The van der Waals surface area contributed by atoms with Gasteiger partial charge in [0.25, 0.3) is 0 Å². The van der Waals surface area contributed by atoms with Crippen LogP contribution < -0.4 is 5.32 Å². The van der Waals surface area contributed by atoms with Crippen molar-refractivity contribution in [1.29, 1.82) is 0 Å². The quantitative estimate of drug-likeness (QED) is 0.869. The molecule has 18 heavy (non-hydrogen) atoms. The highest BCUT2D eigenvalue weighted by atomic mass is 16.5. The molecular formula is C14H25N3O. The largest absolute Gasteiger partial charge is 0.374 e. The lowest BCUT2D eigenvalue weighted by molar-refractivity contribution is 0.0333. The Bertz CT molecular complexity index is 388. The zero-order valence-corrected chi connectivity index (χ0v) is 11.9. The molecule has 102 valence electrons. The van der Waals surface area contributed by atoms with Crippen molar-refractivity contribution < 1.29 is 4.74 Å². The second-order valence-corrected chi connectivity index (χ2v) is 5.25. The van der Waals surface area contributed by atoms with Gasteiger partial charge < -0.3 is 10.1 Å². The van der Waals surface area contributed by atoms with E-state index in [0.717, 1.165) is 25.1 Å². The van der Waals surface area contributed by atoms with Gasteiger partial charge >= 0.3 is 0 Å². The minimum Gasteiger partial charge on any atom is -0.374 e. The summed E-state index contributed by atoms with van der Waals surface area (Å²) in [7, 11) is 2.02. The van der Waals surface area contributed by atoms with Crippen molar-refractivity contribution in [1.82, 2.24) is 15.1 Å². The van der Waals surface area contributed by atoms with Gasteiger partial charge in [0.2, 0.25) is 0 Å². The van der Waals surface area contributed by atoms with E-state index in [1.165, 1.54) is 12.1 Å². The Balaban J connectivity index is 2.05. The SMILES string of the molecule is CCn1nc(C)cc1CC(NC)C1CCC(C)O1. The van der Waals surface area contributed by atoms with Crippen LogP contribution in [-0.4, -0.2) is 35.1 Å². The molecule has 3 unspecified atom stereocenters. The normalized spacial score (nSPS) is 25.6. The number of hydrogen-bond donors (Lipinski definition) is 1. The van der Waals surface area contributed by atoms with E-state index >= 15 is 0 Å². The Morgan fingerprint density at radius 1 is 1.56 bits per heavy atom. The summed E-state index contributed by atoms with van der Waals surface area (Å²) in [5, 5.41) is 7.91. The topological polar surface area (TPSA) is 39.1 Å². The third-order valence-corrected chi connectivity index (χ3v) is 3.80. The van der Waals surface area contributed by atoms with Crippen LogP contribution in [0.3, 0.4) is 0 Å². The standard InChI is InChI=1S/C14H25N3O/c1-5-17-12(8-10(2)16-17)9-13(15-4)14-7-6-11(3)18-14/h8,11,13-15H,5-7,9H2,1-4H3. The summed E-state index contributed by atoms with van der Waals surface area (Å²) in [6.07, 6.45) is 4.07. The lowest BCUT2D eigenvalue weighted by atomic mass is 10.0. The van der Waals surface area contributed by atoms with Crippen LogP contribution in [0.5, 0.6) is 0 Å². The molecule has 0 spiro atoms. The van der Waals surface area contributed by atoms with Gasteiger partial charge in [-0.25, -0.2) is 0 Å². The number of likely N-dealkylation sites (N-methyl/N-ethyl adjacent to an activating group) is 1. The molecule has 1 aromatic rings. The van der Waals surface area contributed by atoms with E-state index in [4.69, 9.17) is 4.74 Å². The summed E-state index contributed by atoms with van der Waals surface area (Å²) >= 11 is 0. The van der Waals surface area contributed by atoms with E-state index in [2.05, 4.69) is 41.9 Å². The van der Waals surface area contributed by atoms with E-state index in [0.29, 0.717) is 18.2 Å². The number of rotatable bonds is 5. The fourth-order valence-corrected chi connectivity index (χ4v) is 2.81. The first-order chi connectivity index (χ1) is 8.63. The number of aryl methyl sites for hydroxylation is 2. The van der Waals surface area contributed by atoms with E-state index in [-0.39, 0.29) is 0 Å². The van der Waals surface area contributed by atoms with Gasteiger partial charge in [0.05, 0.1) is 17.9 Å². The highest BCUT2D eigenvalue weighted by molar-refractivity contribution is 5.11. The minimum atomic E-state index is 0.338. The zero-order valence-electron chi connectivity index (χ0n) is 11.9. The molecule has 1 aromatic heterocycles. The van der Waals surface area contributed by atoms with Crippen LogP contribution in [0.2, 0.25) is 0 Å². The highest BCUT2D eigenvalue weighted by Gasteiger charge is 2.29. The summed E-state index contributed by atoms with van der Waals surface area (Å²) in [4.78, 5) is 0. The Kier molecular flexibility index (Phi) is 4.40. The molecule has 0 aliphatic carbocycles. The molecule has 0 radical (unpaired) electrons. The molecule has 0 saturated carbocycles. The Morgan fingerprint density at radius 2 is 2.33 bits per heavy atom. The Hall–Kier alpha value is -0.870. The molecule has 1 aliphatic heterocycles. The van der Waals surface area contributed by atoms with Crippen LogP contribution in [-0.2, 0) is 17.7 Å². The Morgan fingerprint density at radius 3 is 2.89 bits per heavy atom. The molecule has 3 atom stereocenters. The number of hydrogen-bond acceptors (Lipinski definition) is 3. The molecular weight excluding hydrogens is 226 g/mol. The van der Waals surface area contributed by atoms with Crippen LogP contribution in [0.25, 0.3) is 0 Å². The molecule has 1 aliphatic rings. The number of nitrogens with one attached hydrogen (secondary N) is 1. The second-order valence-electron chi connectivity index (χ2n) is 5.25. The zero-order chi connectivity index (χ0) is 13.1. The maximum atomic E-state index is 5.97. The second kappa shape index (κ2) is 5.85. The van der Waals surface area contributed by atoms with Crippen LogP contribution in [0.4, 0.5) is 0 Å². The van der Waals surface area contributed by atoms with Gasteiger partial charge in [-0.05, 0) is 46.7 Å². The maximum Gasteiger partial charge on any atom is 0.0736 e. The molecule has 1 N–H and O–H groups in total. The van der Waals surface area contributed by atoms with E-state index in [9.17, 15) is 0 Å². The summed E-state index contributed by atoms with van der Waals surface area (Å²) in [6, 6.07) is 2.57. The molecule has 2 rings (SSSR count). The van der Waals surface area contributed by atoms with Crippen molar-refractivity contribution in [3.63, 3.8) is 0 Å². The first kappa shape index (κ1) is 13.6. The van der Waals surface area contributed by atoms with Gasteiger partial charge in [0, 0.05) is 24.7 Å². The van der Waals surface area contributed by atoms with Crippen molar-refractivity contribution in [3.05, 3.63) is 17.5 Å². The van der Waals surface area contributed by atoms with Gasteiger partial charge in [-0.1, -0.05) is 0 Å². The fraction of sp³-hybridized carbons (Fsp3) is 0.786. The number of nitrogens with zero attached hydrogens (tertiary/aromatic N) is 2. The molecule has 1 saturated heterocycles. The molecule has 0 aromatic carbocycles. The minimum absolute atomic E-state index is 0.338. The van der Waals surface area contributed by atoms with E-state index in [1.54, 1.807) is 0 Å². The van der Waals surface area contributed by atoms with Crippen LogP contribution in [0.1, 0.15) is 38.1 Å². The molecule has 0 amide bonds. The third kappa shape index (κ3) is 2.93. The molecule has 4 nitrogen and oxygen atoms in total. The maximum absolute atomic E-state index is 5.97. The van der Waals surface area contributed by atoms with E-state index in [1.807, 2.05) is 7.05 Å². The van der Waals surface area contributed by atoms with Crippen LogP contribution >= 0.6 is 0 Å². The Labute approximate surface area is 110 Å². The van der Waals surface area contributed by atoms with Crippen molar-refractivity contribution in [2.24, 2.45) is 0 Å². The van der Waals surface area contributed by atoms with Crippen molar-refractivity contribution in [2.75, 3.05) is 7.05 Å². The average Bonchev–Trinajstić information content (AvgIpc) is 2.92. The fourth-order valence-electron chi connectivity index (χ4n) is 2.81. The van der Waals surface area contributed by atoms with Gasteiger partial charge in [-0.15, -0.1) is 0 Å². The molecule has 4 heteroatoms. The van der Waals surface area contributed by atoms with Crippen molar-refractivity contribution >= 4 is 0 Å². The molecule has 0 bridgehead atoms. The van der Waals surface area contributed by atoms with Crippen molar-refractivity contribution in [2.45, 2.75) is 64.8 Å². The smallest absolute Gasteiger partial charge is 0.0736 e. The number of aromatic nitrogens is 2. The average molecular weight is 251 g/mol. The highest BCUT2D eigenvalue weighted by Crippen LogP contribution is 2.23. The van der Waals surface area contributed by atoms with Crippen molar-refractivity contribution in [3.8, 4) is 0 Å². The molecule has 1 fully saturated rings.